The molecule has 0 aromatic heterocycles. The summed E-state index contributed by atoms with van der Waals surface area (Å²) in [6.45, 7) is 3.88. The van der Waals surface area contributed by atoms with Gasteiger partial charge in [-0.1, -0.05) is 54.1 Å². The van der Waals surface area contributed by atoms with Crippen molar-refractivity contribution in [2.45, 2.75) is 20.3 Å². The van der Waals surface area contributed by atoms with Crippen LogP contribution in [0.15, 0.2) is 48.5 Å². The molecule has 96 valence electrons. The summed E-state index contributed by atoms with van der Waals surface area (Å²) in [5.41, 5.74) is 3.25. The molecule has 0 aliphatic rings. The Morgan fingerprint density at radius 1 is 0.895 bits per heavy atom. The van der Waals surface area contributed by atoms with E-state index in [0.29, 0.717) is 11.1 Å². The number of Topliss-reactive ketones (excluding diaryl/α,β-unsaturated/α-hetero) is 2. The number of carbonyl (C=O) groups is 2. The Hall–Kier alpha value is -2.22. The van der Waals surface area contributed by atoms with E-state index in [9.17, 15) is 9.59 Å². The third kappa shape index (κ3) is 3.16. The van der Waals surface area contributed by atoms with E-state index in [1.54, 1.807) is 30.3 Å². The van der Waals surface area contributed by atoms with E-state index in [0.717, 1.165) is 11.1 Å². The predicted molar refractivity (Wildman–Crippen MR) is 75.6 cm³/mol. The van der Waals surface area contributed by atoms with Gasteiger partial charge in [-0.2, -0.15) is 0 Å². The summed E-state index contributed by atoms with van der Waals surface area (Å²) in [5, 5.41) is 0. The molecule has 2 nitrogen and oxygen atoms in total. The molecule has 0 unspecified atom stereocenters. The summed E-state index contributed by atoms with van der Waals surface area (Å²) in [6.07, 6.45) is -0.0755. The zero-order chi connectivity index (χ0) is 13.8. The standard InChI is InChI=1S/C17H16O2/c1-12-8-9-15(13(2)10-12)17(19)11-16(18)14-6-4-3-5-7-14/h3-10H,11H2,1-2H3. The van der Waals surface area contributed by atoms with Gasteiger partial charge < -0.3 is 0 Å². The Morgan fingerprint density at radius 2 is 1.58 bits per heavy atom. The molecule has 0 heterocycles. The molecule has 0 fully saturated rings. The number of aryl methyl sites for hydroxylation is 2. The Balaban J connectivity index is 2.15. The number of ketones is 2. The quantitative estimate of drug-likeness (QED) is 0.613. The van der Waals surface area contributed by atoms with Crippen molar-refractivity contribution in [3.8, 4) is 0 Å². The van der Waals surface area contributed by atoms with E-state index in [1.165, 1.54) is 0 Å². The molecular formula is C17H16O2. The van der Waals surface area contributed by atoms with Gasteiger partial charge in [-0.05, 0) is 19.4 Å². The summed E-state index contributed by atoms with van der Waals surface area (Å²) >= 11 is 0. The number of hydrogen-bond donors (Lipinski definition) is 0. The summed E-state index contributed by atoms with van der Waals surface area (Å²) < 4.78 is 0. The molecule has 19 heavy (non-hydrogen) atoms. The number of rotatable bonds is 4. The lowest BCUT2D eigenvalue weighted by Crippen LogP contribution is -2.09. The van der Waals surface area contributed by atoms with Crippen molar-refractivity contribution in [1.29, 1.82) is 0 Å². The largest absolute Gasteiger partial charge is 0.294 e. The average Bonchev–Trinajstić information content (AvgIpc) is 2.39. The van der Waals surface area contributed by atoms with Crippen LogP contribution in [0.2, 0.25) is 0 Å². The van der Waals surface area contributed by atoms with Gasteiger partial charge in [-0.25, -0.2) is 0 Å². The van der Waals surface area contributed by atoms with Crippen molar-refractivity contribution in [3.05, 3.63) is 70.8 Å². The second-order valence-electron chi connectivity index (χ2n) is 4.71. The van der Waals surface area contributed by atoms with Crippen molar-refractivity contribution in [1.82, 2.24) is 0 Å². The highest BCUT2D eigenvalue weighted by Gasteiger charge is 2.15. The van der Waals surface area contributed by atoms with E-state index in [4.69, 9.17) is 0 Å². The van der Waals surface area contributed by atoms with Gasteiger partial charge in [-0.15, -0.1) is 0 Å². The van der Waals surface area contributed by atoms with Gasteiger partial charge in [0.25, 0.3) is 0 Å². The molecule has 0 radical (unpaired) electrons. The van der Waals surface area contributed by atoms with Crippen LogP contribution >= 0.6 is 0 Å². The van der Waals surface area contributed by atoms with Crippen LogP contribution in [0.25, 0.3) is 0 Å². The van der Waals surface area contributed by atoms with Crippen molar-refractivity contribution < 1.29 is 9.59 Å². The fraction of sp³-hybridized carbons (Fsp3) is 0.176. The minimum Gasteiger partial charge on any atom is -0.294 e. The molecule has 0 aliphatic carbocycles. The first-order chi connectivity index (χ1) is 9.08. The number of hydrogen-bond acceptors (Lipinski definition) is 2. The normalized spacial score (nSPS) is 10.2. The maximum Gasteiger partial charge on any atom is 0.170 e. The van der Waals surface area contributed by atoms with Crippen molar-refractivity contribution in [3.63, 3.8) is 0 Å². The highest BCUT2D eigenvalue weighted by molar-refractivity contribution is 6.13. The molecule has 2 heteroatoms. The van der Waals surface area contributed by atoms with Gasteiger partial charge in [-0.3, -0.25) is 9.59 Å². The Kier molecular flexibility index (Phi) is 3.91. The highest BCUT2D eigenvalue weighted by atomic mass is 16.1. The van der Waals surface area contributed by atoms with E-state index < -0.39 is 0 Å². The SMILES string of the molecule is Cc1ccc(C(=O)CC(=O)c2ccccc2)c(C)c1. The zero-order valence-corrected chi connectivity index (χ0v) is 11.1. The molecule has 2 aromatic rings. The van der Waals surface area contributed by atoms with Gasteiger partial charge in [0, 0.05) is 11.1 Å². The second-order valence-corrected chi connectivity index (χ2v) is 4.71. The molecule has 0 spiro atoms. The van der Waals surface area contributed by atoms with Gasteiger partial charge in [0.2, 0.25) is 0 Å². The minimum atomic E-state index is -0.134. The molecule has 0 aliphatic heterocycles. The van der Waals surface area contributed by atoms with Gasteiger partial charge >= 0.3 is 0 Å². The van der Waals surface area contributed by atoms with E-state index in [1.807, 2.05) is 32.0 Å². The molecular weight excluding hydrogens is 236 g/mol. The number of carbonyl (C=O) groups excluding carboxylic acids is 2. The van der Waals surface area contributed by atoms with Crippen molar-refractivity contribution in [2.24, 2.45) is 0 Å². The monoisotopic (exact) mass is 252 g/mol. The van der Waals surface area contributed by atoms with Crippen LogP contribution < -0.4 is 0 Å². The lowest BCUT2D eigenvalue weighted by atomic mass is 9.97. The maximum atomic E-state index is 12.1. The number of benzene rings is 2. The van der Waals surface area contributed by atoms with Crippen LogP contribution in [0, 0.1) is 13.8 Å². The van der Waals surface area contributed by atoms with Crippen LogP contribution in [0.5, 0.6) is 0 Å². The Morgan fingerprint density at radius 3 is 2.21 bits per heavy atom. The van der Waals surface area contributed by atoms with Gasteiger partial charge in [0.1, 0.15) is 0 Å². The third-order valence-electron chi connectivity index (χ3n) is 3.10. The molecule has 0 saturated carbocycles. The molecule has 2 aromatic carbocycles. The Bertz CT molecular complexity index is 612. The fourth-order valence-electron chi connectivity index (χ4n) is 2.09. The summed E-state index contributed by atoms with van der Waals surface area (Å²) in [7, 11) is 0. The lowest BCUT2D eigenvalue weighted by Gasteiger charge is -2.05. The zero-order valence-electron chi connectivity index (χ0n) is 11.1. The van der Waals surface area contributed by atoms with Gasteiger partial charge in [0.15, 0.2) is 11.6 Å². The van der Waals surface area contributed by atoms with Crippen LogP contribution in [-0.2, 0) is 0 Å². The third-order valence-corrected chi connectivity index (χ3v) is 3.10. The minimum absolute atomic E-state index is 0.0755. The molecule has 0 amide bonds. The first-order valence-corrected chi connectivity index (χ1v) is 6.26. The summed E-state index contributed by atoms with van der Waals surface area (Å²) in [5.74, 6) is -0.253. The summed E-state index contributed by atoms with van der Waals surface area (Å²) in [4.78, 5) is 24.1. The Labute approximate surface area is 113 Å². The van der Waals surface area contributed by atoms with E-state index >= 15 is 0 Å². The highest BCUT2D eigenvalue weighted by Crippen LogP contribution is 2.14. The topological polar surface area (TPSA) is 34.1 Å². The lowest BCUT2D eigenvalue weighted by molar-refractivity contribution is 0.0894. The molecule has 2 rings (SSSR count). The van der Waals surface area contributed by atoms with Crippen LogP contribution in [0.3, 0.4) is 0 Å². The van der Waals surface area contributed by atoms with Crippen LogP contribution in [-0.4, -0.2) is 11.6 Å². The smallest absolute Gasteiger partial charge is 0.170 e. The van der Waals surface area contributed by atoms with Crippen molar-refractivity contribution in [2.75, 3.05) is 0 Å². The van der Waals surface area contributed by atoms with Crippen LogP contribution in [0.1, 0.15) is 38.3 Å². The predicted octanol–water partition coefficient (Wildman–Crippen LogP) is 3.76. The molecule has 0 bridgehead atoms. The molecule has 0 saturated heterocycles. The maximum absolute atomic E-state index is 12.1. The first-order valence-electron chi connectivity index (χ1n) is 6.26. The fourth-order valence-corrected chi connectivity index (χ4v) is 2.09. The van der Waals surface area contributed by atoms with E-state index in [2.05, 4.69) is 0 Å². The summed E-state index contributed by atoms with van der Waals surface area (Å²) in [6, 6.07) is 14.6. The molecule has 0 N–H and O–H groups in total. The van der Waals surface area contributed by atoms with Crippen molar-refractivity contribution >= 4 is 11.6 Å². The van der Waals surface area contributed by atoms with E-state index in [-0.39, 0.29) is 18.0 Å². The second kappa shape index (κ2) is 5.61. The first kappa shape index (κ1) is 13.2. The average molecular weight is 252 g/mol. The van der Waals surface area contributed by atoms with Gasteiger partial charge in [0.05, 0.1) is 6.42 Å². The molecule has 0 atom stereocenters. The van der Waals surface area contributed by atoms with Crippen LogP contribution in [0.4, 0.5) is 0 Å².